The summed E-state index contributed by atoms with van der Waals surface area (Å²) in [6.45, 7) is 2.80. The van der Waals surface area contributed by atoms with E-state index >= 15 is 0 Å². The lowest BCUT2D eigenvalue weighted by molar-refractivity contribution is 0.120. The van der Waals surface area contributed by atoms with Crippen LogP contribution < -0.4 is 0 Å². The molecule has 0 unspecified atom stereocenters. The third-order valence-corrected chi connectivity index (χ3v) is 7.20. The predicted molar refractivity (Wildman–Crippen MR) is 106 cm³/mol. The van der Waals surface area contributed by atoms with E-state index in [1.807, 2.05) is 4.57 Å². The van der Waals surface area contributed by atoms with Crippen molar-refractivity contribution in [2.45, 2.75) is 88.5 Å². The van der Waals surface area contributed by atoms with Gasteiger partial charge < -0.3 is 9.67 Å². The molecule has 1 aromatic rings. The molecule has 1 saturated carbocycles. The van der Waals surface area contributed by atoms with Gasteiger partial charge in [-0.15, -0.1) is 0 Å². The summed E-state index contributed by atoms with van der Waals surface area (Å²) in [5, 5.41) is 9.42. The number of rotatable bonds is 8. The molecule has 2 fully saturated rings. The van der Waals surface area contributed by atoms with Gasteiger partial charge in [0.05, 0.1) is 11.9 Å². The molecule has 1 aromatic heterocycles. The molecule has 27 heavy (non-hydrogen) atoms. The van der Waals surface area contributed by atoms with Crippen molar-refractivity contribution in [2.75, 3.05) is 19.4 Å². The zero-order chi connectivity index (χ0) is 19.3. The number of aliphatic hydroxyl groups is 1. The van der Waals surface area contributed by atoms with Crippen molar-refractivity contribution in [2.24, 2.45) is 5.92 Å². The topological polar surface area (TPSA) is 75.4 Å². The van der Waals surface area contributed by atoms with Gasteiger partial charge in [-0.05, 0) is 51.0 Å². The lowest BCUT2D eigenvalue weighted by Gasteiger charge is -2.36. The van der Waals surface area contributed by atoms with E-state index in [0.717, 1.165) is 44.6 Å². The van der Waals surface area contributed by atoms with Gasteiger partial charge in [-0.3, -0.25) is 4.90 Å². The molecule has 6 nitrogen and oxygen atoms in total. The molecule has 1 aliphatic heterocycles. The molecule has 1 atom stereocenters. The predicted octanol–water partition coefficient (Wildman–Crippen LogP) is 2.99. The smallest absolute Gasteiger partial charge is 0.227 e. The molecule has 3 rings (SSSR count). The Morgan fingerprint density at radius 2 is 1.89 bits per heavy atom. The molecule has 1 N–H and O–H groups in total. The van der Waals surface area contributed by atoms with Gasteiger partial charge in [-0.1, -0.05) is 25.7 Å². The number of hydrogen-bond acceptors (Lipinski definition) is 5. The summed E-state index contributed by atoms with van der Waals surface area (Å²) in [5.41, 5.74) is 1.02. The van der Waals surface area contributed by atoms with Gasteiger partial charge in [0, 0.05) is 32.0 Å². The highest BCUT2D eigenvalue weighted by atomic mass is 32.2. The lowest BCUT2D eigenvalue weighted by Crippen LogP contribution is -2.39. The summed E-state index contributed by atoms with van der Waals surface area (Å²) in [7, 11) is -3.33. The molecule has 0 bridgehead atoms. The Morgan fingerprint density at radius 1 is 1.15 bits per heavy atom. The van der Waals surface area contributed by atoms with Crippen LogP contribution in [-0.4, -0.2) is 53.4 Å². The second-order valence-electron chi connectivity index (χ2n) is 8.40. The number of aliphatic hydroxyl groups excluding tert-OH is 1. The number of nitrogens with zero attached hydrogens (tertiary/aromatic N) is 3. The molecular formula is C20H35N3O3S. The highest BCUT2D eigenvalue weighted by Gasteiger charge is 2.27. The number of likely N-dealkylation sites (tertiary alicyclic amines) is 1. The van der Waals surface area contributed by atoms with Gasteiger partial charge in [0.15, 0.2) is 0 Å². The van der Waals surface area contributed by atoms with Crippen LogP contribution in [0.1, 0.15) is 69.9 Å². The number of imidazole rings is 1. The Bertz CT molecular complexity index is 695. The van der Waals surface area contributed by atoms with E-state index < -0.39 is 9.84 Å². The van der Waals surface area contributed by atoms with E-state index in [1.54, 1.807) is 6.20 Å². The van der Waals surface area contributed by atoms with Gasteiger partial charge in [0.1, 0.15) is 0 Å². The van der Waals surface area contributed by atoms with Crippen LogP contribution in [0, 0.1) is 5.92 Å². The summed E-state index contributed by atoms with van der Waals surface area (Å²) in [6.07, 6.45) is 14.6. The molecule has 0 radical (unpaired) electrons. The highest BCUT2D eigenvalue weighted by molar-refractivity contribution is 7.90. The zero-order valence-corrected chi connectivity index (χ0v) is 17.5. The SMILES string of the molecule is CS(=O)(=O)c1ncc(CN2CCCC[C@@H]2CCCO)n1CC1CCCCC1. The highest BCUT2D eigenvalue weighted by Crippen LogP contribution is 2.28. The first kappa shape index (κ1) is 20.8. The molecule has 7 heteroatoms. The van der Waals surface area contributed by atoms with Crippen LogP contribution in [0.25, 0.3) is 0 Å². The van der Waals surface area contributed by atoms with Crippen molar-refractivity contribution in [3.05, 3.63) is 11.9 Å². The number of hydrogen-bond donors (Lipinski definition) is 1. The monoisotopic (exact) mass is 397 g/mol. The summed E-state index contributed by atoms with van der Waals surface area (Å²) in [5.74, 6) is 0.554. The maximum Gasteiger partial charge on any atom is 0.227 e. The minimum Gasteiger partial charge on any atom is -0.396 e. The summed E-state index contributed by atoms with van der Waals surface area (Å²) < 4.78 is 26.6. The van der Waals surface area contributed by atoms with Gasteiger partial charge in [0.2, 0.25) is 15.0 Å². The Hall–Kier alpha value is -0.920. The second-order valence-corrected chi connectivity index (χ2v) is 10.3. The second kappa shape index (κ2) is 9.52. The van der Waals surface area contributed by atoms with E-state index in [2.05, 4.69) is 9.88 Å². The van der Waals surface area contributed by atoms with Crippen molar-refractivity contribution in [1.82, 2.24) is 14.5 Å². The molecule has 154 valence electrons. The largest absolute Gasteiger partial charge is 0.396 e. The Labute approximate surface area is 163 Å². The fourth-order valence-electron chi connectivity index (χ4n) is 4.77. The summed E-state index contributed by atoms with van der Waals surface area (Å²) in [6, 6.07) is 0.477. The van der Waals surface area contributed by atoms with Gasteiger partial charge in [-0.2, -0.15) is 0 Å². The maximum atomic E-state index is 12.3. The fraction of sp³-hybridized carbons (Fsp3) is 0.850. The normalized spacial score (nSPS) is 23.0. The Morgan fingerprint density at radius 3 is 2.59 bits per heavy atom. The van der Waals surface area contributed by atoms with E-state index in [0.29, 0.717) is 12.0 Å². The van der Waals surface area contributed by atoms with Crippen molar-refractivity contribution < 1.29 is 13.5 Å². The molecule has 0 spiro atoms. The Balaban J connectivity index is 1.79. The van der Waals surface area contributed by atoms with Crippen LogP contribution in [0.5, 0.6) is 0 Å². The zero-order valence-electron chi connectivity index (χ0n) is 16.6. The van der Waals surface area contributed by atoms with Crippen LogP contribution in [0.15, 0.2) is 11.4 Å². The first-order valence-corrected chi connectivity index (χ1v) is 12.5. The standard InChI is InChI=1S/C20H35N3O3S/c1-27(25,26)20-21-14-19(23(20)15-17-8-3-2-4-9-17)16-22-12-6-5-10-18(22)11-7-13-24/h14,17-18,24H,2-13,15-16H2,1H3/t18-/m1/s1. The van der Waals surface area contributed by atoms with E-state index in [1.165, 1.54) is 51.2 Å². The van der Waals surface area contributed by atoms with Crippen LogP contribution in [0.4, 0.5) is 0 Å². The van der Waals surface area contributed by atoms with Crippen molar-refractivity contribution in [3.8, 4) is 0 Å². The van der Waals surface area contributed by atoms with E-state index in [9.17, 15) is 13.5 Å². The van der Waals surface area contributed by atoms with Crippen LogP contribution >= 0.6 is 0 Å². The van der Waals surface area contributed by atoms with Crippen LogP contribution in [0.2, 0.25) is 0 Å². The molecular weight excluding hydrogens is 362 g/mol. The van der Waals surface area contributed by atoms with Crippen LogP contribution in [-0.2, 0) is 22.9 Å². The molecule has 2 aliphatic rings. The third-order valence-electron chi connectivity index (χ3n) is 6.21. The van der Waals surface area contributed by atoms with Gasteiger partial charge in [0.25, 0.3) is 0 Å². The minimum absolute atomic E-state index is 0.229. The first-order valence-electron chi connectivity index (χ1n) is 10.6. The van der Waals surface area contributed by atoms with Gasteiger partial charge >= 0.3 is 0 Å². The average molecular weight is 398 g/mol. The quantitative estimate of drug-likeness (QED) is 0.730. The third kappa shape index (κ3) is 5.55. The summed E-state index contributed by atoms with van der Waals surface area (Å²) in [4.78, 5) is 6.79. The minimum atomic E-state index is -3.33. The molecule has 2 heterocycles. The molecule has 0 amide bonds. The van der Waals surface area contributed by atoms with Crippen molar-refractivity contribution in [1.29, 1.82) is 0 Å². The Kier molecular flexibility index (Phi) is 7.34. The molecule has 0 aromatic carbocycles. The number of piperidine rings is 1. The number of sulfone groups is 1. The molecule has 1 aliphatic carbocycles. The fourth-order valence-corrected chi connectivity index (χ4v) is 5.60. The first-order chi connectivity index (χ1) is 13.0. The average Bonchev–Trinajstić information content (AvgIpc) is 3.04. The van der Waals surface area contributed by atoms with Crippen LogP contribution in [0.3, 0.4) is 0 Å². The number of aromatic nitrogens is 2. The van der Waals surface area contributed by atoms with E-state index in [4.69, 9.17) is 0 Å². The van der Waals surface area contributed by atoms with Gasteiger partial charge in [-0.25, -0.2) is 13.4 Å². The van der Waals surface area contributed by atoms with Crippen molar-refractivity contribution in [3.63, 3.8) is 0 Å². The lowest BCUT2D eigenvalue weighted by atomic mass is 9.89. The maximum absolute atomic E-state index is 12.3. The van der Waals surface area contributed by atoms with Crippen molar-refractivity contribution >= 4 is 9.84 Å². The van der Waals surface area contributed by atoms with E-state index in [-0.39, 0.29) is 11.8 Å². The molecule has 1 saturated heterocycles. The summed E-state index contributed by atoms with van der Waals surface area (Å²) >= 11 is 0.